The minimum atomic E-state index is -0.287. The first-order chi connectivity index (χ1) is 8.11. The highest BCUT2D eigenvalue weighted by Gasteiger charge is 2.20. The van der Waals surface area contributed by atoms with Crippen LogP contribution in [0.3, 0.4) is 0 Å². The van der Waals surface area contributed by atoms with Crippen molar-refractivity contribution in [3.8, 4) is 0 Å². The van der Waals surface area contributed by atoms with E-state index in [2.05, 4.69) is 15.2 Å². The summed E-state index contributed by atoms with van der Waals surface area (Å²) in [5, 5.41) is 6.57. The van der Waals surface area contributed by atoms with Crippen molar-refractivity contribution in [3.05, 3.63) is 35.8 Å². The van der Waals surface area contributed by atoms with Crippen LogP contribution in [-0.4, -0.2) is 28.1 Å². The number of hydrogen-bond acceptors (Lipinski definition) is 4. The van der Waals surface area contributed by atoms with Gasteiger partial charge in [0.1, 0.15) is 5.82 Å². The number of amides is 1. The molecule has 0 saturated carbocycles. The van der Waals surface area contributed by atoms with E-state index in [1.54, 1.807) is 32.3 Å². The molecule has 0 bridgehead atoms. The Morgan fingerprint density at radius 3 is 2.76 bits per heavy atom. The third kappa shape index (κ3) is 1.96. The molecule has 1 amide bonds. The summed E-state index contributed by atoms with van der Waals surface area (Å²) in [6.07, 6.45) is 1.62. The Balaban J connectivity index is 2.30. The topological polar surface area (TPSA) is 87.9 Å². The Labute approximate surface area is 98.5 Å². The lowest BCUT2D eigenvalue weighted by Gasteiger charge is -2.14. The first-order valence-electron chi connectivity index (χ1n) is 5.10. The zero-order chi connectivity index (χ0) is 12.4. The second-order valence-electron chi connectivity index (χ2n) is 3.66. The van der Waals surface area contributed by atoms with Gasteiger partial charge in [-0.15, -0.1) is 0 Å². The highest BCUT2D eigenvalue weighted by molar-refractivity contribution is 6.07. The first-order valence-corrected chi connectivity index (χ1v) is 5.10. The summed E-state index contributed by atoms with van der Waals surface area (Å²) in [4.78, 5) is 17.6. The van der Waals surface area contributed by atoms with Crippen molar-refractivity contribution in [2.45, 2.75) is 6.92 Å². The average Bonchev–Trinajstić information content (AvgIpc) is 2.69. The molecule has 0 aromatic carbocycles. The van der Waals surface area contributed by atoms with Gasteiger partial charge in [0.15, 0.2) is 5.69 Å². The second kappa shape index (κ2) is 4.25. The normalized spacial score (nSPS) is 10.2. The van der Waals surface area contributed by atoms with Crippen molar-refractivity contribution in [2.24, 2.45) is 0 Å². The first kappa shape index (κ1) is 11.1. The number of aromatic amines is 1. The molecule has 0 spiro atoms. The lowest BCUT2D eigenvalue weighted by atomic mass is 10.3. The van der Waals surface area contributed by atoms with E-state index in [1.807, 2.05) is 6.07 Å². The fourth-order valence-electron chi connectivity index (χ4n) is 1.42. The predicted molar refractivity (Wildman–Crippen MR) is 64.7 cm³/mol. The summed E-state index contributed by atoms with van der Waals surface area (Å²) in [7, 11) is 1.63. The lowest BCUT2D eigenvalue weighted by molar-refractivity contribution is 0.0988. The number of hydrogen-bond donors (Lipinski definition) is 2. The fourth-order valence-corrected chi connectivity index (χ4v) is 1.42. The molecular weight excluding hydrogens is 218 g/mol. The minimum Gasteiger partial charge on any atom is -0.395 e. The molecule has 3 N–H and O–H groups in total. The lowest BCUT2D eigenvalue weighted by Crippen LogP contribution is -2.28. The quantitative estimate of drug-likeness (QED) is 0.806. The van der Waals surface area contributed by atoms with Crippen LogP contribution in [0.2, 0.25) is 0 Å². The Bertz CT molecular complexity index is 534. The van der Waals surface area contributed by atoms with E-state index in [0.717, 1.165) is 0 Å². The van der Waals surface area contributed by atoms with E-state index in [0.29, 0.717) is 17.2 Å². The van der Waals surface area contributed by atoms with Gasteiger partial charge in [-0.3, -0.25) is 14.8 Å². The molecule has 6 heteroatoms. The van der Waals surface area contributed by atoms with E-state index >= 15 is 0 Å². The molecule has 17 heavy (non-hydrogen) atoms. The average molecular weight is 231 g/mol. The molecule has 0 saturated heterocycles. The van der Waals surface area contributed by atoms with Gasteiger partial charge in [0.2, 0.25) is 0 Å². The number of nitrogens with zero attached hydrogens (tertiary/aromatic N) is 3. The van der Waals surface area contributed by atoms with Crippen molar-refractivity contribution < 1.29 is 4.79 Å². The zero-order valence-corrected chi connectivity index (χ0v) is 9.64. The number of rotatable bonds is 2. The number of aromatic nitrogens is 3. The fraction of sp³-hybridized carbons (Fsp3) is 0.182. The Hall–Kier alpha value is -2.37. The molecule has 0 aliphatic heterocycles. The summed E-state index contributed by atoms with van der Waals surface area (Å²) in [5.41, 5.74) is 7.03. The molecule has 0 atom stereocenters. The minimum absolute atomic E-state index is 0.218. The molecule has 2 rings (SSSR count). The molecule has 0 aliphatic rings. The van der Waals surface area contributed by atoms with Crippen molar-refractivity contribution in [1.82, 2.24) is 15.2 Å². The van der Waals surface area contributed by atoms with Crippen LogP contribution in [0.4, 0.5) is 11.5 Å². The van der Waals surface area contributed by atoms with E-state index in [9.17, 15) is 4.79 Å². The largest absolute Gasteiger partial charge is 0.395 e. The molecule has 0 fully saturated rings. The number of aryl methyl sites for hydroxylation is 1. The van der Waals surface area contributed by atoms with Crippen LogP contribution in [0.25, 0.3) is 0 Å². The maximum atomic E-state index is 12.1. The van der Waals surface area contributed by atoms with Gasteiger partial charge in [0.05, 0.1) is 11.4 Å². The van der Waals surface area contributed by atoms with E-state index in [4.69, 9.17) is 5.73 Å². The van der Waals surface area contributed by atoms with Crippen molar-refractivity contribution >= 4 is 17.4 Å². The third-order valence-electron chi connectivity index (χ3n) is 2.49. The number of H-pyrrole nitrogens is 1. The van der Waals surface area contributed by atoms with Gasteiger partial charge in [0.25, 0.3) is 5.91 Å². The third-order valence-corrected chi connectivity index (χ3v) is 2.49. The molecule has 2 aromatic heterocycles. The van der Waals surface area contributed by atoms with Gasteiger partial charge < -0.3 is 5.73 Å². The number of carbonyl (C=O) groups excluding carboxylic acids is 1. The highest BCUT2D eigenvalue weighted by atomic mass is 16.2. The van der Waals surface area contributed by atoms with Gasteiger partial charge in [-0.25, -0.2) is 4.98 Å². The monoisotopic (exact) mass is 231 g/mol. The van der Waals surface area contributed by atoms with Crippen molar-refractivity contribution in [3.63, 3.8) is 0 Å². The molecule has 88 valence electrons. The second-order valence-corrected chi connectivity index (χ2v) is 3.66. The number of pyridine rings is 1. The van der Waals surface area contributed by atoms with Crippen molar-refractivity contribution in [2.75, 3.05) is 17.7 Å². The molecule has 0 radical (unpaired) electrons. The number of carbonyl (C=O) groups is 1. The van der Waals surface area contributed by atoms with Crippen LogP contribution in [-0.2, 0) is 0 Å². The number of nitrogen functional groups attached to an aromatic ring is 1. The summed E-state index contributed by atoms with van der Waals surface area (Å²) in [6.45, 7) is 1.76. The summed E-state index contributed by atoms with van der Waals surface area (Å²) in [5.74, 6) is 0.267. The van der Waals surface area contributed by atoms with Gasteiger partial charge in [-0.2, -0.15) is 5.10 Å². The van der Waals surface area contributed by atoms with Crippen LogP contribution < -0.4 is 10.6 Å². The van der Waals surface area contributed by atoms with E-state index in [-0.39, 0.29) is 11.6 Å². The van der Waals surface area contributed by atoms with Gasteiger partial charge >= 0.3 is 0 Å². The van der Waals surface area contributed by atoms with E-state index < -0.39 is 0 Å². The Morgan fingerprint density at radius 2 is 2.24 bits per heavy atom. The molecule has 6 nitrogen and oxygen atoms in total. The van der Waals surface area contributed by atoms with Crippen LogP contribution in [0, 0.1) is 6.92 Å². The number of nitrogens with one attached hydrogen (secondary N) is 1. The Morgan fingerprint density at radius 1 is 1.47 bits per heavy atom. The maximum absolute atomic E-state index is 12.1. The molecule has 2 aromatic rings. The van der Waals surface area contributed by atoms with Crippen LogP contribution in [0.5, 0.6) is 0 Å². The van der Waals surface area contributed by atoms with E-state index in [1.165, 1.54) is 4.90 Å². The smallest absolute Gasteiger partial charge is 0.281 e. The van der Waals surface area contributed by atoms with Crippen molar-refractivity contribution in [1.29, 1.82) is 0 Å². The molecule has 0 unspecified atom stereocenters. The van der Waals surface area contributed by atoms with Gasteiger partial charge in [0, 0.05) is 13.2 Å². The van der Waals surface area contributed by atoms with Gasteiger partial charge in [-0.1, -0.05) is 6.07 Å². The van der Waals surface area contributed by atoms with Crippen LogP contribution >= 0.6 is 0 Å². The Kier molecular flexibility index (Phi) is 2.78. The van der Waals surface area contributed by atoms with Crippen LogP contribution in [0.15, 0.2) is 24.4 Å². The standard InChI is InChI=1S/C11H13N5O/c1-7-9(12)10(15-14-7)11(17)16(2)8-5-3-4-6-13-8/h3-6H,12H2,1-2H3,(H,14,15). The molecule has 2 heterocycles. The highest BCUT2D eigenvalue weighted by Crippen LogP contribution is 2.17. The van der Waals surface area contributed by atoms with Crippen LogP contribution in [0.1, 0.15) is 16.2 Å². The number of nitrogens with two attached hydrogens (primary N) is 1. The number of anilines is 2. The summed E-state index contributed by atoms with van der Waals surface area (Å²) in [6, 6.07) is 5.34. The maximum Gasteiger partial charge on any atom is 0.281 e. The predicted octanol–water partition coefficient (Wildman–Crippen LogP) is 0.972. The van der Waals surface area contributed by atoms with Gasteiger partial charge in [-0.05, 0) is 19.1 Å². The molecular formula is C11H13N5O. The zero-order valence-electron chi connectivity index (χ0n) is 9.64. The SMILES string of the molecule is Cc1[nH]nc(C(=O)N(C)c2ccccn2)c1N. The summed E-state index contributed by atoms with van der Waals surface area (Å²) < 4.78 is 0. The molecule has 0 aliphatic carbocycles. The summed E-state index contributed by atoms with van der Waals surface area (Å²) >= 11 is 0.